The second-order valence-electron chi connectivity index (χ2n) is 10.9. The van der Waals surface area contributed by atoms with Gasteiger partial charge in [-0.25, -0.2) is 8.42 Å². The van der Waals surface area contributed by atoms with E-state index in [1.807, 2.05) is 39.0 Å². The summed E-state index contributed by atoms with van der Waals surface area (Å²) >= 11 is 12.9. The second kappa shape index (κ2) is 15.5. The van der Waals surface area contributed by atoms with Crippen molar-refractivity contribution in [3.05, 3.63) is 118 Å². The Morgan fingerprint density at radius 1 is 0.826 bits per heavy atom. The van der Waals surface area contributed by atoms with Gasteiger partial charge in [-0.1, -0.05) is 72.1 Å². The molecule has 46 heavy (non-hydrogen) atoms. The summed E-state index contributed by atoms with van der Waals surface area (Å²) in [5, 5.41) is 3.54. The van der Waals surface area contributed by atoms with Crippen LogP contribution in [-0.2, 0) is 26.2 Å². The number of ether oxygens (including phenoxy) is 1. The van der Waals surface area contributed by atoms with Crippen LogP contribution in [0.4, 0.5) is 5.69 Å². The number of benzene rings is 4. The number of anilines is 1. The number of carbonyl (C=O) groups is 2. The van der Waals surface area contributed by atoms with Crippen LogP contribution in [0.15, 0.2) is 102 Å². The fourth-order valence-corrected chi connectivity index (χ4v) is 6.50. The Bertz CT molecular complexity index is 1730. The van der Waals surface area contributed by atoms with Crippen molar-refractivity contribution in [1.82, 2.24) is 10.2 Å². The highest BCUT2D eigenvalue weighted by Gasteiger charge is 2.33. The lowest BCUT2D eigenvalue weighted by molar-refractivity contribution is -0.139. The third-order valence-electron chi connectivity index (χ3n) is 7.55. The normalized spacial score (nSPS) is 12.6. The van der Waals surface area contributed by atoms with Gasteiger partial charge in [-0.05, 0) is 87.9 Å². The Morgan fingerprint density at radius 2 is 1.41 bits per heavy atom. The van der Waals surface area contributed by atoms with Crippen molar-refractivity contribution < 1.29 is 22.7 Å². The van der Waals surface area contributed by atoms with Crippen LogP contribution in [0.1, 0.15) is 38.3 Å². The average molecular weight is 683 g/mol. The van der Waals surface area contributed by atoms with Crippen LogP contribution >= 0.6 is 23.2 Å². The summed E-state index contributed by atoms with van der Waals surface area (Å²) in [6.07, 6.45) is 0.690. The molecule has 0 aliphatic carbocycles. The zero-order chi connectivity index (χ0) is 33.4. The van der Waals surface area contributed by atoms with Crippen LogP contribution in [0.2, 0.25) is 10.0 Å². The molecule has 2 atom stereocenters. The molecule has 0 bridgehead atoms. The maximum absolute atomic E-state index is 14.2. The van der Waals surface area contributed by atoms with E-state index in [-0.39, 0.29) is 29.1 Å². The van der Waals surface area contributed by atoms with Crippen molar-refractivity contribution in [2.45, 2.75) is 57.6 Å². The highest BCUT2D eigenvalue weighted by Crippen LogP contribution is 2.30. The molecule has 0 fully saturated rings. The molecular weight excluding hydrogens is 645 g/mol. The smallest absolute Gasteiger partial charge is 0.264 e. The minimum atomic E-state index is -4.24. The van der Waals surface area contributed by atoms with Gasteiger partial charge in [0.15, 0.2) is 0 Å². The molecule has 11 heteroatoms. The summed E-state index contributed by atoms with van der Waals surface area (Å²) in [5.41, 5.74) is 1.56. The average Bonchev–Trinajstić information content (AvgIpc) is 3.04. The van der Waals surface area contributed by atoms with Crippen molar-refractivity contribution in [2.75, 3.05) is 10.8 Å². The number of hydrogen-bond acceptors (Lipinski definition) is 5. The van der Waals surface area contributed by atoms with E-state index < -0.39 is 28.5 Å². The Labute approximate surface area is 280 Å². The highest BCUT2D eigenvalue weighted by molar-refractivity contribution is 7.92. The first kappa shape index (κ1) is 34.8. The van der Waals surface area contributed by atoms with Crippen molar-refractivity contribution in [3.63, 3.8) is 0 Å². The number of halogens is 2. The Hall–Kier alpha value is -4.05. The van der Waals surface area contributed by atoms with Crippen LogP contribution in [0.5, 0.6) is 11.5 Å². The van der Waals surface area contributed by atoms with E-state index >= 15 is 0 Å². The number of nitrogens with zero attached hydrogens (tertiary/aromatic N) is 2. The molecule has 0 aliphatic heterocycles. The van der Waals surface area contributed by atoms with Crippen LogP contribution in [0, 0.1) is 6.92 Å². The standard InChI is InChI=1S/C35H37Cl2N3O5S/c1-5-25(3)38-35(42)26(4)39(22-31-32(36)12-9-13-33(31)37)34(41)23-40(46(43,44)30-20-14-24(2)15-21-30)27-16-18-29(19-17-27)45-28-10-7-6-8-11-28/h6-21,25-26H,5,22-23H2,1-4H3,(H,38,42). The molecule has 0 spiro atoms. The van der Waals surface area contributed by atoms with Crippen LogP contribution in [0.25, 0.3) is 0 Å². The second-order valence-corrected chi connectivity index (χ2v) is 13.6. The van der Waals surface area contributed by atoms with Crippen molar-refractivity contribution in [1.29, 1.82) is 0 Å². The van der Waals surface area contributed by atoms with Gasteiger partial charge in [0.25, 0.3) is 10.0 Å². The number of amides is 2. The summed E-state index contributed by atoms with van der Waals surface area (Å²) in [6, 6.07) is 25.8. The van der Waals surface area contributed by atoms with E-state index in [9.17, 15) is 18.0 Å². The lowest BCUT2D eigenvalue weighted by Gasteiger charge is -2.33. The molecular formula is C35H37Cl2N3O5S. The molecule has 2 unspecified atom stereocenters. The summed E-state index contributed by atoms with van der Waals surface area (Å²) in [7, 11) is -4.24. The third kappa shape index (κ3) is 8.60. The lowest BCUT2D eigenvalue weighted by atomic mass is 10.1. The largest absolute Gasteiger partial charge is 0.457 e. The van der Waals surface area contributed by atoms with Gasteiger partial charge in [-0.2, -0.15) is 0 Å². The molecule has 4 aromatic rings. The molecule has 4 rings (SSSR count). The summed E-state index contributed by atoms with van der Waals surface area (Å²) in [4.78, 5) is 28.8. The van der Waals surface area contributed by atoms with Gasteiger partial charge in [-0.15, -0.1) is 0 Å². The number of para-hydroxylation sites is 1. The van der Waals surface area contributed by atoms with E-state index in [0.717, 1.165) is 9.87 Å². The highest BCUT2D eigenvalue weighted by atomic mass is 35.5. The van der Waals surface area contributed by atoms with E-state index in [2.05, 4.69) is 5.32 Å². The first-order valence-corrected chi connectivity index (χ1v) is 17.1. The zero-order valence-corrected chi connectivity index (χ0v) is 28.4. The SMILES string of the molecule is CCC(C)NC(=O)C(C)N(Cc1c(Cl)cccc1Cl)C(=O)CN(c1ccc(Oc2ccccc2)cc1)S(=O)(=O)c1ccc(C)cc1. The Morgan fingerprint density at radius 3 is 2.00 bits per heavy atom. The third-order valence-corrected chi connectivity index (χ3v) is 10.0. The summed E-state index contributed by atoms with van der Waals surface area (Å²) in [5.74, 6) is 0.0942. The van der Waals surface area contributed by atoms with E-state index in [1.165, 1.54) is 17.0 Å². The van der Waals surface area contributed by atoms with Gasteiger partial charge in [0.05, 0.1) is 10.6 Å². The minimum absolute atomic E-state index is 0.0128. The molecule has 4 aromatic carbocycles. The van der Waals surface area contributed by atoms with Crippen LogP contribution in [0.3, 0.4) is 0 Å². The molecule has 0 heterocycles. The molecule has 0 radical (unpaired) electrons. The molecule has 0 aliphatic rings. The molecule has 2 amide bonds. The number of rotatable bonds is 13. The van der Waals surface area contributed by atoms with Gasteiger partial charge in [-0.3, -0.25) is 13.9 Å². The van der Waals surface area contributed by atoms with Gasteiger partial charge in [0.1, 0.15) is 24.1 Å². The zero-order valence-electron chi connectivity index (χ0n) is 26.1. The van der Waals surface area contributed by atoms with Gasteiger partial charge < -0.3 is 15.0 Å². The maximum atomic E-state index is 14.2. The van der Waals surface area contributed by atoms with E-state index in [0.29, 0.717) is 33.5 Å². The Balaban J connectivity index is 1.73. The number of aryl methyl sites for hydroxylation is 1. The lowest BCUT2D eigenvalue weighted by Crippen LogP contribution is -2.52. The van der Waals surface area contributed by atoms with Gasteiger partial charge in [0, 0.05) is 28.2 Å². The van der Waals surface area contributed by atoms with Crippen molar-refractivity contribution in [2.24, 2.45) is 0 Å². The predicted octanol–water partition coefficient (Wildman–Crippen LogP) is 7.62. The van der Waals surface area contributed by atoms with Gasteiger partial charge in [0.2, 0.25) is 11.8 Å². The molecule has 0 aromatic heterocycles. The summed E-state index contributed by atoms with van der Waals surface area (Å²) < 4.78 is 35.2. The van der Waals surface area contributed by atoms with Crippen LogP contribution < -0.4 is 14.4 Å². The number of hydrogen-bond donors (Lipinski definition) is 1. The number of sulfonamides is 1. The fraction of sp³-hybridized carbons (Fsp3) is 0.257. The predicted molar refractivity (Wildman–Crippen MR) is 183 cm³/mol. The summed E-state index contributed by atoms with van der Waals surface area (Å²) in [6.45, 7) is 6.53. The van der Waals surface area contributed by atoms with Crippen molar-refractivity contribution >= 4 is 50.7 Å². The first-order chi connectivity index (χ1) is 21.9. The fourth-order valence-electron chi connectivity index (χ4n) is 4.57. The molecule has 0 saturated heterocycles. The number of carbonyl (C=O) groups excluding carboxylic acids is 2. The molecule has 242 valence electrons. The van der Waals surface area contributed by atoms with Crippen molar-refractivity contribution in [3.8, 4) is 11.5 Å². The number of nitrogens with one attached hydrogen (secondary N) is 1. The van der Waals surface area contributed by atoms with Gasteiger partial charge >= 0.3 is 0 Å². The Kier molecular flexibility index (Phi) is 11.7. The monoisotopic (exact) mass is 681 g/mol. The maximum Gasteiger partial charge on any atom is 0.264 e. The minimum Gasteiger partial charge on any atom is -0.457 e. The van der Waals surface area contributed by atoms with E-state index in [1.54, 1.807) is 73.7 Å². The van der Waals surface area contributed by atoms with E-state index in [4.69, 9.17) is 27.9 Å². The molecule has 8 nitrogen and oxygen atoms in total. The molecule has 0 saturated carbocycles. The quantitative estimate of drug-likeness (QED) is 0.157. The molecule has 1 N–H and O–H groups in total. The topological polar surface area (TPSA) is 96.0 Å². The van der Waals surface area contributed by atoms with Crippen LogP contribution in [-0.4, -0.2) is 43.8 Å². The first-order valence-electron chi connectivity index (χ1n) is 14.9.